The normalized spacial score (nSPS) is 24.1. The molecule has 4 nitrogen and oxygen atoms in total. The van der Waals surface area contributed by atoms with Crippen LogP contribution in [0.4, 0.5) is 4.39 Å². The highest BCUT2D eigenvalue weighted by Crippen LogP contribution is 2.32. The predicted molar refractivity (Wildman–Crippen MR) is 111 cm³/mol. The molecule has 2 aromatic rings. The van der Waals surface area contributed by atoms with Crippen molar-refractivity contribution in [1.29, 1.82) is 0 Å². The second kappa shape index (κ2) is 8.95. The number of halogens is 1. The standard InChI is InChI=1S/C24H29FN2O2/c1-16(26-24(28)14-18-12-21-8-9-22(13-18)27-21)19-4-10-23(11-5-19)29-15-17-2-6-20(25)7-3-17/h2-7,10-11,16,18,21-22,27H,8-9,12-15H2,1H3,(H,26,28). The summed E-state index contributed by atoms with van der Waals surface area (Å²) in [7, 11) is 0. The van der Waals surface area contributed by atoms with Crippen molar-refractivity contribution in [3.8, 4) is 5.75 Å². The van der Waals surface area contributed by atoms with Crippen LogP contribution in [0.3, 0.4) is 0 Å². The van der Waals surface area contributed by atoms with E-state index in [1.165, 1.54) is 25.0 Å². The van der Waals surface area contributed by atoms with Gasteiger partial charge in [0.25, 0.3) is 0 Å². The van der Waals surface area contributed by atoms with E-state index < -0.39 is 0 Å². The van der Waals surface area contributed by atoms with Crippen molar-refractivity contribution in [1.82, 2.24) is 10.6 Å². The van der Waals surface area contributed by atoms with Gasteiger partial charge in [-0.25, -0.2) is 4.39 Å². The zero-order chi connectivity index (χ0) is 20.2. The van der Waals surface area contributed by atoms with E-state index in [1.807, 2.05) is 31.2 Å². The van der Waals surface area contributed by atoms with Gasteiger partial charge in [0.15, 0.2) is 0 Å². The van der Waals surface area contributed by atoms with E-state index in [-0.39, 0.29) is 17.8 Å². The van der Waals surface area contributed by atoms with Crippen LogP contribution in [0.2, 0.25) is 0 Å². The zero-order valence-electron chi connectivity index (χ0n) is 16.9. The van der Waals surface area contributed by atoms with E-state index in [0.717, 1.165) is 29.7 Å². The monoisotopic (exact) mass is 396 g/mol. The van der Waals surface area contributed by atoms with Crippen LogP contribution in [0, 0.1) is 11.7 Å². The molecular weight excluding hydrogens is 367 g/mol. The summed E-state index contributed by atoms with van der Waals surface area (Å²) < 4.78 is 18.7. The maximum atomic E-state index is 13.0. The molecule has 3 atom stereocenters. The Kier molecular flexibility index (Phi) is 6.14. The topological polar surface area (TPSA) is 50.4 Å². The maximum Gasteiger partial charge on any atom is 0.220 e. The Hall–Kier alpha value is -2.40. The second-order valence-electron chi connectivity index (χ2n) is 8.45. The number of carbonyl (C=O) groups excluding carboxylic acids is 1. The molecule has 0 aromatic heterocycles. The van der Waals surface area contributed by atoms with Gasteiger partial charge in [-0.15, -0.1) is 0 Å². The SMILES string of the molecule is CC(NC(=O)CC1CC2CCC(C1)N2)c1ccc(OCc2ccc(F)cc2)cc1. The van der Waals surface area contributed by atoms with Crippen molar-refractivity contribution in [3.63, 3.8) is 0 Å². The molecule has 3 unspecified atom stereocenters. The molecule has 1 amide bonds. The van der Waals surface area contributed by atoms with Crippen molar-refractivity contribution < 1.29 is 13.9 Å². The predicted octanol–water partition coefficient (Wildman–Crippen LogP) is 4.50. The van der Waals surface area contributed by atoms with Crippen LogP contribution in [0.15, 0.2) is 48.5 Å². The van der Waals surface area contributed by atoms with Crippen molar-refractivity contribution >= 4 is 5.91 Å². The molecule has 2 N–H and O–H groups in total. The molecule has 5 heteroatoms. The van der Waals surface area contributed by atoms with Gasteiger partial charge in [0.05, 0.1) is 6.04 Å². The highest BCUT2D eigenvalue weighted by molar-refractivity contribution is 5.76. The number of ether oxygens (including phenoxy) is 1. The molecule has 2 aromatic carbocycles. The molecule has 2 fully saturated rings. The third-order valence-electron chi connectivity index (χ3n) is 6.12. The summed E-state index contributed by atoms with van der Waals surface area (Å²) in [5.41, 5.74) is 1.97. The molecule has 2 saturated heterocycles. The molecule has 4 rings (SSSR count). The Labute approximate surface area is 171 Å². The summed E-state index contributed by atoms with van der Waals surface area (Å²) in [6.45, 7) is 2.41. The van der Waals surface area contributed by atoms with Crippen molar-refractivity contribution in [3.05, 3.63) is 65.5 Å². The van der Waals surface area contributed by atoms with Crippen LogP contribution < -0.4 is 15.4 Å². The Bertz CT molecular complexity index is 810. The lowest BCUT2D eigenvalue weighted by molar-refractivity contribution is -0.122. The van der Waals surface area contributed by atoms with E-state index in [2.05, 4.69) is 10.6 Å². The van der Waals surface area contributed by atoms with Gasteiger partial charge >= 0.3 is 0 Å². The minimum absolute atomic E-state index is 0.0351. The van der Waals surface area contributed by atoms with Gasteiger partial charge in [-0.2, -0.15) is 0 Å². The summed E-state index contributed by atoms with van der Waals surface area (Å²) in [6.07, 6.45) is 5.39. The smallest absolute Gasteiger partial charge is 0.220 e. The number of fused-ring (bicyclic) bond motifs is 2. The molecule has 29 heavy (non-hydrogen) atoms. The zero-order valence-corrected chi connectivity index (χ0v) is 16.9. The van der Waals surface area contributed by atoms with E-state index in [0.29, 0.717) is 31.0 Å². The van der Waals surface area contributed by atoms with Crippen LogP contribution in [-0.4, -0.2) is 18.0 Å². The minimum Gasteiger partial charge on any atom is -0.489 e. The lowest BCUT2D eigenvalue weighted by atomic mass is 9.89. The van der Waals surface area contributed by atoms with Crippen molar-refractivity contribution in [2.24, 2.45) is 5.92 Å². The van der Waals surface area contributed by atoms with Crippen LogP contribution in [0.1, 0.15) is 56.2 Å². The van der Waals surface area contributed by atoms with Gasteiger partial charge in [-0.1, -0.05) is 24.3 Å². The van der Waals surface area contributed by atoms with E-state index in [1.54, 1.807) is 12.1 Å². The highest BCUT2D eigenvalue weighted by atomic mass is 19.1. The van der Waals surface area contributed by atoms with Gasteiger partial charge in [-0.3, -0.25) is 4.79 Å². The Morgan fingerprint density at radius 1 is 1.10 bits per heavy atom. The molecule has 0 radical (unpaired) electrons. The maximum absolute atomic E-state index is 13.0. The quantitative estimate of drug-likeness (QED) is 0.724. The number of hydrogen-bond acceptors (Lipinski definition) is 3. The van der Waals surface area contributed by atoms with Crippen LogP contribution >= 0.6 is 0 Å². The number of amides is 1. The number of rotatable bonds is 7. The van der Waals surface area contributed by atoms with Crippen LogP contribution in [0.25, 0.3) is 0 Å². The van der Waals surface area contributed by atoms with Gasteiger partial charge in [0.1, 0.15) is 18.2 Å². The number of benzene rings is 2. The third kappa shape index (κ3) is 5.36. The van der Waals surface area contributed by atoms with Crippen molar-refractivity contribution in [2.45, 2.75) is 63.8 Å². The lowest BCUT2D eigenvalue weighted by Gasteiger charge is -2.29. The summed E-state index contributed by atoms with van der Waals surface area (Å²) in [4.78, 5) is 12.5. The molecule has 2 bridgehead atoms. The largest absolute Gasteiger partial charge is 0.489 e. The molecule has 2 aliphatic heterocycles. The molecule has 2 heterocycles. The Morgan fingerprint density at radius 3 is 2.41 bits per heavy atom. The third-order valence-corrected chi connectivity index (χ3v) is 6.12. The number of piperidine rings is 1. The summed E-state index contributed by atoms with van der Waals surface area (Å²) in [6, 6.07) is 15.3. The fraction of sp³-hybridized carbons (Fsp3) is 0.458. The van der Waals surface area contributed by atoms with Gasteiger partial charge in [0.2, 0.25) is 5.91 Å². The molecule has 154 valence electrons. The average Bonchev–Trinajstić information content (AvgIpc) is 3.06. The first kappa shape index (κ1) is 19.9. The van der Waals surface area contributed by atoms with Gasteiger partial charge in [-0.05, 0) is 73.9 Å². The molecule has 0 saturated carbocycles. The first-order valence-electron chi connectivity index (χ1n) is 10.6. The first-order valence-corrected chi connectivity index (χ1v) is 10.6. The minimum atomic E-state index is -0.248. The van der Waals surface area contributed by atoms with E-state index >= 15 is 0 Å². The highest BCUT2D eigenvalue weighted by Gasteiger charge is 2.34. The lowest BCUT2D eigenvalue weighted by Crippen LogP contribution is -2.40. The molecule has 0 spiro atoms. The first-order chi connectivity index (χ1) is 14.0. The Morgan fingerprint density at radius 2 is 1.76 bits per heavy atom. The van der Waals surface area contributed by atoms with E-state index in [9.17, 15) is 9.18 Å². The second-order valence-corrected chi connectivity index (χ2v) is 8.45. The summed E-state index contributed by atoms with van der Waals surface area (Å²) >= 11 is 0. The Balaban J connectivity index is 1.24. The van der Waals surface area contributed by atoms with Crippen LogP contribution in [0.5, 0.6) is 5.75 Å². The fourth-order valence-corrected chi connectivity index (χ4v) is 4.59. The number of nitrogens with one attached hydrogen (secondary N) is 2. The van der Waals surface area contributed by atoms with Gasteiger partial charge in [0, 0.05) is 18.5 Å². The molecule has 0 aliphatic carbocycles. The number of hydrogen-bond donors (Lipinski definition) is 2. The summed E-state index contributed by atoms with van der Waals surface area (Å²) in [5.74, 6) is 1.15. The average molecular weight is 397 g/mol. The van der Waals surface area contributed by atoms with E-state index in [4.69, 9.17) is 4.74 Å². The van der Waals surface area contributed by atoms with Gasteiger partial charge < -0.3 is 15.4 Å². The molecular formula is C24H29FN2O2. The number of carbonyl (C=O) groups is 1. The van der Waals surface area contributed by atoms with Crippen molar-refractivity contribution in [2.75, 3.05) is 0 Å². The fourth-order valence-electron chi connectivity index (χ4n) is 4.59. The summed E-state index contributed by atoms with van der Waals surface area (Å²) in [5, 5.41) is 6.77. The molecule has 2 aliphatic rings. The van der Waals surface area contributed by atoms with Crippen LogP contribution in [-0.2, 0) is 11.4 Å².